The van der Waals surface area contributed by atoms with Crippen molar-refractivity contribution in [1.29, 1.82) is 0 Å². The predicted octanol–water partition coefficient (Wildman–Crippen LogP) is 6.29. The Kier molecular flexibility index (Phi) is 11.9. The number of unbranched alkanes of at least 4 members (excludes halogenated alkanes) is 1. The summed E-state index contributed by atoms with van der Waals surface area (Å²) >= 11 is 6.09. The summed E-state index contributed by atoms with van der Waals surface area (Å²) in [5.74, 6) is -0.502. The molecule has 10 heteroatoms. The Labute approximate surface area is 279 Å². The highest BCUT2D eigenvalue weighted by molar-refractivity contribution is 6.31. The van der Waals surface area contributed by atoms with Gasteiger partial charge in [-0.1, -0.05) is 109 Å². The van der Waals surface area contributed by atoms with E-state index in [4.69, 9.17) is 26.8 Å². The minimum Gasteiger partial charge on any atom is -0.449 e. The largest absolute Gasteiger partial charge is 0.449 e. The number of carbonyl (C=O) groups excluding carboxylic acids is 3. The van der Waals surface area contributed by atoms with Gasteiger partial charge in [0.1, 0.15) is 19.3 Å². The topological polar surface area (TPSA) is 132 Å². The van der Waals surface area contributed by atoms with Gasteiger partial charge in [-0.3, -0.25) is 4.79 Å². The smallest absolute Gasteiger partial charge is 0.407 e. The summed E-state index contributed by atoms with van der Waals surface area (Å²) in [6, 6.07) is 31.9. The van der Waals surface area contributed by atoms with E-state index in [2.05, 4.69) is 40.2 Å². The summed E-state index contributed by atoms with van der Waals surface area (Å²) in [6.45, 7) is 0.610. The van der Waals surface area contributed by atoms with E-state index in [1.807, 2.05) is 66.7 Å². The monoisotopic (exact) mass is 654 g/mol. The van der Waals surface area contributed by atoms with Crippen LogP contribution in [0.15, 0.2) is 103 Å². The first-order chi connectivity index (χ1) is 22.9. The standard InChI is InChI=1S/C37H39ClN4O5/c38-32-19-9-4-14-26(32)23-46-36(44)40-21-11-10-20-34(39)42-35(43)33(22-25-12-2-1-3-13-25)41-37(45)47-24-31-29-17-7-5-15-27(29)28-16-6-8-18-30(28)31/h1-9,12-19,31,33-34H,10-11,20-24,39H2,(H,40,44)(H,41,45)(H,42,43)/t33-,34+/m0/s1. The highest BCUT2D eigenvalue weighted by Gasteiger charge is 2.30. The van der Waals surface area contributed by atoms with Gasteiger partial charge in [0.25, 0.3) is 0 Å². The summed E-state index contributed by atoms with van der Waals surface area (Å²) in [6.07, 6.45) is 0.174. The fraction of sp³-hybridized carbons (Fsp3) is 0.270. The van der Waals surface area contributed by atoms with Crippen LogP contribution in [0.3, 0.4) is 0 Å². The summed E-state index contributed by atoms with van der Waals surface area (Å²) in [4.78, 5) is 38.4. The van der Waals surface area contributed by atoms with Crippen LogP contribution in [0.5, 0.6) is 0 Å². The maximum Gasteiger partial charge on any atom is 0.407 e. The van der Waals surface area contributed by atoms with Gasteiger partial charge in [0.05, 0.1) is 6.17 Å². The molecule has 0 spiro atoms. The second-order valence-corrected chi connectivity index (χ2v) is 11.8. The number of nitrogens with two attached hydrogens (primary N) is 1. The van der Waals surface area contributed by atoms with Crippen molar-refractivity contribution in [3.63, 3.8) is 0 Å². The second kappa shape index (κ2) is 16.6. The van der Waals surface area contributed by atoms with Crippen molar-refractivity contribution in [2.75, 3.05) is 13.2 Å². The van der Waals surface area contributed by atoms with Gasteiger partial charge in [0.15, 0.2) is 0 Å². The van der Waals surface area contributed by atoms with E-state index >= 15 is 0 Å². The maximum absolute atomic E-state index is 13.3. The van der Waals surface area contributed by atoms with Crippen LogP contribution in [-0.2, 0) is 27.3 Å². The van der Waals surface area contributed by atoms with Gasteiger partial charge in [-0.05, 0) is 53.1 Å². The maximum atomic E-state index is 13.3. The minimum atomic E-state index is -0.895. The number of carbonyl (C=O) groups is 3. The fourth-order valence-corrected chi connectivity index (χ4v) is 5.88. The molecule has 0 fully saturated rings. The molecule has 4 aromatic carbocycles. The van der Waals surface area contributed by atoms with Gasteiger partial charge < -0.3 is 31.2 Å². The van der Waals surface area contributed by atoms with Crippen LogP contribution in [0, 0.1) is 0 Å². The van der Waals surface area contributed by atoms with Crippen LogP contribution in [0.2, 0.25) is 5.02 Å². The zero-order valence-corrected chi connectivity index (χ0v) is 26.7. The summed E-state index contributed by atoms with van der Waals surface area (Å²) in [5, 5.41) is 8.82. The van der Waals surface area contributed by atoms with Crippen molar-refractivity contribution in [1.82, 2.24) is 16.0 Å². The molecule has 47 heavy (non-hydrogen) atoms. The molecule has 0 saturated heterocycles. The number of fused-ring (bicyclic) bond motifs is 3. The van der Waals surface area contributed by atoms with Gasteiger partial charge in [-0.15, -0.1) is 0 Å². The Morgan fingerprint density at radius 3 is 2.09 bits per heavy atom. The molecule has 1 aliphatic rings. The molecule has 9 nitrogen and oxygen atoms in total. The molecule has 0 radical (unpaired) electrons. The minimum absolute atomic E-state index is 0.0800. The molecule has 5 rings (SSSR count). The Morgan fingerprint density at radius 2 is 1.38 bits per heavy atom. The average Bonchev–Trinajstić information content (AvgIpc) is 3.40. The van der Waals surface area contributed by atoms with Crippen LogP contribution < -0.4 is 21.7 Å². The number of halogens is 1. The second-order valence-electron chi connectivity index (χ2n) is 11.4. The fourth-order valence-electron chi connectivity index (χ4n) is 5.69. The Morgan fingerprint density at radius 1 is 0.745 bits per heavy atom. The van der Waals surface area contributed by atoms with E-state index in [-0.39, 0.29) is 25.6 Å². The van der Waals surface area contributed by atoms with Crippen LogP contribution in [0.1, 0.15) is 47.4 Å². The van der Waals surface area contributed by atoms with Crippen LogP contribution in [0.4, 0.5) is 9.59 Å². The van der Waals surface area contributed by atoms with Gasteiger partial charge in [0.2, 0.25) is 5.91 Å². The first-order valence-corrected chi connectivity index (χ1v) is 16.1. The molecule has 1 aliphatic carbocycles. The molecular formula is C37H39ClN4O5. The first kappa shape index (κ1) is 33.5. The molecule has 2 atom stereocenters. The molecule has 244 valence electrons. The van der Waals surface area contributed by atoms with Crippen molar-refractivity contribution in [3.05, 3.63) is 130 Å². The zero-order valence-electron chi connectivity index (χ0n) is 26.0. The van der Waals surface area contributed by atoms with E-state index in [1.54, 1.807) is 12.1 Å². The van der Waals surface area contributed by atoms with Gasteiger partial charge in [-0.2, -0.15) is 0 Å². The third kappa shape index (κ3) is 9.34. The molecule has 4 aromatic rings. The van der Waals surface area contributed by atoms with Gasteiger partial charge >= 0.3 is 12.2 Å². The van der Waals surface area contributed by atoms with Crippen molar-refractivity contribution in [2.45, 2.75) is 50.4 Å². The van der Waals surface area contributed by atoms with Crippen molar-refractivity contribution < 1.29 is 23.9 Å². The number of hydrogen-bond acceptors (Lipinski definition) is 6. The molecule has 3 amide bonds. The quantitative estimate of drug-likeness (QED) is 0.0934. The molecule has 0 heterocycles. The number of rotatable bonds is 14. The number of benzene rings is 4. The highest BCUT2D eigenvalue weighted by atomic mass is 35.5. The highest BCUT2D eigenvalue weighted by Crippen LogP contribution is 2.44. The first-order valence-electron chi connectivity index (χ1n) is 15.7. The predicted molar refractivity (Wildman–Crippen MR) is 182 cm³/mol. The zero-order chi connectivity index (χ0) is 33.0. The van der Waals surface area contributed by atoms with Crippen LogP contribution >= 0.6 is 11.6 Å². The van der Waals surface area contributed by atoms with Crippen molar-refractivity contribution >= 4 is 29.7 Å². The lowest BCUT2D eigenvalue weighted by Crippen LogP contribution is -2.53. The SMILES string of the molecule is N[C@@H](CCCCNC(=O)OCc1ccccc1Cl)NC(=O)[C@H](Cc1ccccc1)NC(=O)OCC1c2ccccc2-c2ccccc21. The Hall–Kier alpha value is -4.86. The number of amides is 3. The number of nitrogens with one attached hydrogen (secondary N) is 3. The molecular weight excluding hydrogens is 616 g/mol. The van der Waals surface area contributed by atoms with Crippen LogP contribution in [-0.4, -0.2) is 43.5 Å². The Balaban J connectivity index is 1.08. The van der Waals surface area contributed by atoms with E-state index in [9.17, 15) is 14.4 Å². The summed E-state index contributed by atoms with van der Waals surface area (Å²) in [7, 11) is 0. The molecule has 0 aliphatic heterocycles. The molecule has 0 saturated carbocycles. The third-order valence-corrected chi connectivity index (χ3v) is 8.46. The number of hydrogen-bond donors (Lipinski definition) is 4. The van der Waals surface area contributed by atoms with Gasteiger partial charge in [-0.25, -0.2) is 9.59 Å². The van der Waals surface area contributed by atoms with Crippen molar-refractivity contribution in [3.8, 4) is 11.1 Å². The summed E-state index contributed by atoms with van der Waals surface area (Å²) < 4.78 is 10.9. The number of alkyl carbamates (subject to hydrolysis) is 2. The molecule has 0 aromatic heterocycles. The lowest BCUT2D eigenvalue weighted by molar-refractivity contribution is -0.123. The van der Waals surface area contributed by atoms with E-state index in [0.29, 0.717) is 30.8 Å². The normalized spacial score (nSPS) is 13.1. The molecule has 5 N–H and O–H groups in total. The van der Waals surface area contributed by atoms with E-state index in [0.717, 1.165) is 33.4 Å². The van der Waals surface area contributed by atoms with Gasteiger partial charge in [0, 0.05) is 29.5 Å². The number of ether oxygens (including phenoxy) is 2. The van der Waals surface area contributed by atoms with E-state index < -0.39 is 30.3 Å². The van der Waals surface area contributed by atoms with E-state index in [1.165, 1.54) is 0 Å². The summed E-state index contributed by atoms with van der Waals surface area (Å²) in [5.41, 5.74) is 12.3. The lowest BCUT2D eigenvalue weighted by atomic mass is 9.98. The average molecular weight is 655 g/mol. The molecule has 0 unspecified atom stereocenters. The molecule has 0 bridgehead atoms. The van der Waals surface area contributed by atoms with Crippen molar-refractivity contribution in [2.24, 2.45) is 5.73 Å². The third-order valence-electron chi connectivity index (χ3n) is 8.09. The van der Waals surface area contributed by atoms with Crippen LogP contribution in [0.25, 0.3) is 11.1 Å². The Bertz CT molecular complexity index is 1620. The lowest BCUT2D eigenvalue weighted by Gasteiger charge is -2.22.